The second-order valence-corrected chi connectivity index (χ2v) is 5.18. The van der Waals surface area contributed by atoms with Crippen molar-refractivity contribution in [1.82, 2.24) is 14.9 Å². The Morgan fingerprint density at radius 3 is 2.79 bits per heavy atom. The van der Waals surface area contributed by atoms with Gasteiger partial charge < -0.3 is 0 Å². The zero-order valence-corrected chi connectivity index (χ0v) is 11.1. The van der Waals surface area contributed by atoms with Crippen LogP contribution >= 0.6 is 0 Å². The van der Waals surface area contributed by atoms with Crippen LogP contribution in [-0.2, 0) is 6.54 Å². The number of hydrogen-bond acceptors (Lipinski definition) is 3. The van der Waals surface area contributed by atoms with Crippen molar-refractivity contribution >= 4 is 0 Å². The molecule has 3 rings (SSSR count). The molecule has 3 heterocycles. The minimum absolute atomic E-state index is 0.580. The standard InChI is InChI=1S/C16H19N3/c1-2-8-18-16(5-1)15-4-3-11-19(13-15)12-14-6-9-17-10-7-14/h1-2,5-10,15H,3-4,11-13H2. The van der Waals surface area contributed by atoms with E-state index >= 15 is 0 Å². The smallest absolute Gasteiger partial charge is 0.0447 e. The monoisotopic (exact) mass is 253 g/mol. The molecule has 1 aliphatic heterocycles. The minimum atomic E-state index is 0.580. The van der Waals surface area contributed by atoms with Crippen molar-refractivity contribution < 1.29 is 0 Å². The summed E-state index contributed by atoms with van der Waals surface area (Å²) in [5, 5.41) is 0. The highest BCUT2D eigenvalue weighted by atomic mass is 15.1. The van der Waals surface area contributed by atoms with E-state index in [-0.39, 0.29) is 0 Å². The number of likely N-dealkylation sites (tertiary alicyclic amines) is 1. The van der Waals surface area contributed by atoms with Crippen LogP contribution < -0.4 is 0 Å². The molecule has 1 unspecified atom stereocenters. The highest BCUT2D eigenvalue weighted by molar-refractivity contribution is 5.13. The number of rotatable bonds is 3. The fourth-order valence-electron chi connectivity index (χ4n) is 2.80. The van der Waals surface area contributed by atoms with Gasteiger partial charge in [-0.2, -0.15) is 0 Å². The van der Waals surface area contributed by atoms with E-state index in [0.717, 1.165) is 13.1 Å². The van der Waals surface area contributed by atoms with Gasteiger partial charge in [0, 0.05) is 43.3 Å². The molecule has 3 nitrogen and oxygen atoms in total. The van der Waals surface area contributed by atoms with Crippen molar-refractivity contribution in [1.29, 1.82) is 0 Å². The first kappa shape index (κ1) is 12.3. The van der Waals surface area contributed by atoms with Gasteiger partial charge in [-0.3, -0.25) is 14.9 Å². The van der Waals surface area contributed by atoms with E-state index in [4.69, 9.17) is 0 Å². The Balaban J connectivity index is 1.65. The Labute approximate surface area is 114 Å². The van der Waals surface area contributed by atoms with Gasteiger partial charge in [-0.1, -0.05) is 6.07 Å². The molecule has 0 radical (unpaired) electrons. The van der Waals surface area contributed by atoms with Gasteiger partial charge >= 0.3 is 0 Å². The van der Waals surface area contributed by atoms with E-state index < -0.39 is 0 Å². The molecule has 98 valence electrons. The van der Waals surface area contributed by atoms with Crippen LogP contribution in [0.1, 0.15) is 30.0 Å². The number of piperidine rings is 1. The molecular formula is C16H19N3. The van der Waals surface area contributed by atoms with Gasteiger partial charge in [-0.15, -0.1) is 0 Å². The van der Waals surface area contributed by atoms with Crippen LogP contribution in [0.25, 0.3) is 0 Å². The van der Waals surface area contributed by atoms with E-state index in [1.807, 2.05) is 24.7 Å². The summed E-state index contributed by atoms with van der Waals surface area (Å²) in [5.41, 5.74) is 2.58. The van der Waals surface area contributed by atoms with Gasteiger partial charge in [0.25, 0.3) is 0 Å². The third-order valence-corrected chi connectivity index (χ3v) is 3.77. The van der Waals surface area contributed by atoms with Crippen molar-refractivity contribution in [3.8, 4) is 0 Å². The molecule has 0 aliphatic carbocycles. The van der Waals surface area contributed by atoms with Crippen molar-refractivity contribution in [3.63, 3.8) is 0 Å². The molecule has 0 bridgehead atoms. The van der Waals surface area contributed by atoms with E-state index in [1.54, 1.807) is 0 Å². The van der Waals surface area contributed by atoms with Gasteiger partial charge in [0.1, 0.15) is 0 Å². The minimum Gasteiger partial charge on any atom is -0.298 e. The first-order valence-corrected chi connectivity index (χ1v) is 6.94. The molecule has 0 amide bonds. The number of hydrogen-bond donors (Lipinski definition) is 0. The van der Waals surface area contributed by atoms with Crippen LogP contribution in [-0.4, -0.2) is 28.0 Å². The van der Waals surface area contributed by atoms with Gasteiger partial charge in [0.05, 0.1) is 0 Å². The molecule has 0 saturated carbocycles. The highest BCUT2D eigenvalue weighted by Crippen LogP contribution is 2.26. The Hall–Kier alpha value is -1.74. The molecule has 0 spiro atoms. The fourth-order valence-corrected chi connectivity index (χ4v) is 2.80. The summed E-state index contributed by atoms with van der Waals surface area (Å²) in [6.07, 6.45) is 8.15. The third-order valence-electron chi connectivity index (χ3n) is 3.77. The molecule has 1 fully saturated rings. The van der Waals surface area contributed by atoms with Gasteiger partial charge in [-0.25, -0.2) is 0 Å². The maximum Gasteiger partial charge on any atom is 0.0447 e. The third kappa shape index (κ3) is 3.18. The first-order chi connectivity index (χ1) is 9.42. The molecular weight excluding hydrogens is 234 g/mol. The molecule has 1 saturated heterocycles. The Morgan fingerprint density at radius 2 is 2.00 bits per heavy atom. The lowest BCUT2D eigenvalue weighted by atomic mass is 9.94. The van der Waals surface area contributed by atoms with E-state index in [0.29, 0.717) is 5.92 Å². The summed E-state index contributed by atoms with van der Waals surface area (Å²) in [5.74, 6) is 0.580. The van der Waals surface area contributed by atoms with Crippen molar-refractivity contribution in [2.75, 3.05) is 13.1 Å². The predicted octanol–water partition coefficient (Wildman–Crippen LogP) is 2.86. The van der Waals surface area contributed by atoms with Crippen LogP contribution in [0.3, 0.4) is 0 Å². The fraction of sp³-hybridized carbons (Fsp3) is 0.375. The summed E-state index contributed by atoms with van der Waals surface area (Å²) in [6.45, 7) is 3.32. The van der Waals surface area contributed by atoms with Crippen LogP contribution in [0.4, 0.5) is 0 Å². The molecule has 19 heavy (non-hydrogen) atoms. The van der Waals surface area contributed by atoms with Crippen LogP contribution in [0.5, 0.6) is 0 Å². The number of aromatic nitrogens is 2. The van der Waals surface area contributed by atoms with Gasteiger partial charge in [0.2, 0.25) is 0 Å². The summed E-state index contributed by atoms with van der Waals surface area (Å²) >= 11 is 0. The van der Waals surface area contributed by atoms with E-state index in [9.17, 15) is 0 Å². The van der Waals surface area contributed by atoms with Gasteiger partial charge in [0.15, 0.2) is 0 Å². The lowest BCUT2D eigenvalue weighted by Gasteiger charge is -2.32. The highest BCUT2D eigenvalue weighted by Gasteiger charge is 2.21. The molecule has 1 atom stereocenters. The maximum atomic E-state index is 4.51. The second-order valence-electron chi connectivity index (χ2n) is 5.18. The van der Waals surface area contributed by atoms with Crippen LogP contribution in [0, 0.1) is 0 Å². The lowest BCUT2D eigenvalue weighted by Crippen LogP contribution is -2.34. The van der Waals surface area contributed by atoms with Gasteiger partial charge in [-0.05, 0) is 49.2 Å². The normalized spacial score (nSPS) is 20.3. The summed E-state index contributed by atoms with van der Waals surface area (Å²) in [4.78, 5) is 11.1. The average Bonchev–Trinajstić information content (AvgIpc) is 2.49. The Kier molecular flexibility index (Phi) is 3.84. The van der Waals surface area contributed by atoms with Crippen molar-refractivity contribution in [3.05, 3.63) is 60.2 Å². The molecule has 0 aromatic carbocycles. The van der Waals surface area contributed by atoms with E-state index in [1.165, 1.54) is 30.6 Å². The molecule has 3 heteroatoms. The van der Waals surface area contributed by atoms with Crippen molar-refractivity contribution in [2.45, 2.75) is 25.3 Å². The van der Waals surface area contributed by atoms with Crippen LogP contribution in [0.2, 0.25) is 0 Å². The lowest BCUT2D eigenvalue weighted by molar-refractivity contribution is 0.198. The van der Waals surface area contributed by atoms with E-state index in [2.05, 4.69) is 39.1 Å². The molecule has 0 N–H and O–H groups in total. The number of nitrogens with zero attached hydrogens (tertiary/aromatic N) is 3. The Morgan fingerprint density at radius 1 is 1.11 bits per heavy atom. The second kappa shape index (κ2) is 5.93. The zero-order valence-electron chi connectivity index (χ0n) is 11.1. The Bertz CT molecular complexity index is 498. The molecule has 2 aromatic heterocycles. The SMILES string of the molecule is c1ccc(C2CCCN(Cc3ccncc3)C2)nc1. The maximum absolute atomic E-state index is 4.51. The van der Waals surface area contributed by atoms with Crippen molar-refractivity contribution in [2.24, 2.45) is 0 Å². The molecule has 1 aliphatic rings. The number of pyridine rings is 2. The zero-order chi connectivity index (χ0) is 12.9. The van der Waals surface area contributed by atoms with Crippen LogP contribution in [0.15, 0.2) is 48.9 Å². The summed E-state index contributed by atoms with van der Waals surface area (Å²) in [7, 11) is 0. The summed E-state index contributed by atoms with van der Waals surface area (Å²) < 4.78 is 0. The quantitative estimate of drug-likeness (QED) is 0.842. The molecule has 2 aromatic rings. The predicted molar refractivity (Wildman–Crippen MR) is 75.7 cm³/mol. The largest absolute Gasteiger partial charge is 0.298 e. The average molecular weight is 253 g/mol. The topological polar surface area (TPSA) is 29.0 Å². The summed E-state index contributed by atoms with van der Waals surface area (Å²) in [6, 6.07) is 10.4. The first-order valence-electron chi connectivity index (χ1n) is 6.94.